The first kappa shape index (κ1) is 13.2. The van der Waals surface area contributed by atoms with Crippen LogP contribution in [-0.4, -0.2) is 17.4 Å². The van der Waals surface area contributed by atoms with Crippen LogP contribution in [0.15, 0.2) is 70.8 Å². The molecule has 0 N–H and O–H groups in total. The summed E-state index contributed by atoms with van der Waals surface area (Å²) in [5.41, 5.74) is 2.96. The molecule has 21 heavy (non-hydrogen) atoms. The van der Waals surface area contributed by atoms with E-state index < -0.39 is 5.92 Å². The highest BCUT2D eigenvalue weighted by molar-refractivity contribution is 6.27. The van der Waals surface area contributed by atoms with Crippen molar-refractivity contribution in [2.45, 2.75) is 6.92 Å². The molecule has 2 aromatic carbocycles. The monoisotopic (exact) mass is 278 g/mol. The number of para-hydroxylation sites is 1. The van der Waals surface area contributed by atoms with Crippen LogP contribution in [-0.2, 0) is 9.63 Å². The third-order valence-electron chi connectivity index (χ3n) is 3.29. The summed E-state index contributed by atoms with van der Waals surface area (Å²) in [4.78, 5) is 21.3. The van der Waals surface area contributed by atoms with Crippen LogP contribution in [0.5, 0.6) is 0 Å². The molecule has 1 heterocycles. The summed E-state index contributed by atoms with van der Waals surface area (Å²) in [5, 5.41) is 3.92. The average Bonchev–Trinajstić information content (AvgIpc) is 2.91. The van der Waals surface area contributed by atoms with Gasteiger partial charge in [0.2, 0.25) is 0 Å². The Hall–Kier alpha value is -2.75. The van der Waals surface area contributed by atoms with Crippen molar-refractivity contribution in [3.8, 4) is 0 Å². The largest absolute Gasteiger partial charge is 0.349 e. The lowest BCUT2D eigenvalue weighted by Crippen LogP contribution is -2.26. The van der Waals surface area contributed by atoms with E-state index in [4.69, 9.17) is 4.84 Å². The summed E-state index contributed by atoms with van der Waals surface area (Å²) in [5.74, 6) is -0.932. The molecule has 3 rings (SSSR count). The van der Waals surface area contributed by atoms with E-state index in [-0.39, 0.29) is 5.97 Å². The van der Waals surface area contributed by atoms with E-state index in [1.165, 1.54) is 0 Å². The zero-order valence-corrected chi connectivity index (χ0v) is 11.6. The third kappa shape index (κ3) is 2.74. The fraction of sp³-hybridized carbons (Fsp3) is 0.118. The van der Waals surface area contributed by atoms with E-state index in [2.05, 4.69) is 10.1 Å². The Morgan fingerprint density at radius 1 is 1.05 bits per heavy atom. The molecule has 1 aliphatic heterocycles. The Balaban J connectivity index is 1.94. The summed E-state index contributed by atoms with van der Waals surface area (Å²) in [6.07, 6.45) is 0. The highest BCUT2D eigenvalue weighted by Crippen LogP contribution is 2.22. The van der Waals surface area contributed by atoms with Gasteiger partial charge in [-0.3, -0.25) is 4.99 Å². The number of rotatable bonds is 3. The van der Waals surface area contributed by atoms with E-state index in [0.717, 1.165) is 11.3 Å². The van der Waals surface area contributed by atoms with Crippen molar-refractivity contribution in [3.05, 3.63) is 66.2 Å². The second-order valence-corrected chi connectivity index (χ2v) is 4.77. The first-order chi connectivity index (χ1) is 10.3. The topological polar surface area (TPSA) is 51.0 Å². The van der Waals surface area contributed by atoms with Gasteiger partial charge >= 0.3 is 5.97 Å². The Labute approximate surface area is 122 Å². The van der Waals surface area contributed by atoms with Gasteiger partial charge in [0.15, 0.2) is 0 Å². The highest BCUT2D eigenvalue weighted by Gasteiger charge is 2.36. The Morgan fingerprint density at radius 2 is 1.67 bits per heavy atom. The molecule has 1 aliphatic rings. The quantitative estimate of drug-likeness (QED) is 0.638. The van der Waals surface area contributed by atoms with Gasteiger partial charge in [0, 0.05) is 11.3 Å². The van der Waals surface area contributed by atoms with Crippen molar-refractivity contribution >= 4 is 23.1 Å². The minimum Gasteiger partial charge on any atom is -0.317 e. The first-order valence-corrected chi connectivity index (χ1v) is 6.70. The van der Waals surface area contributed by atoms with Crippen molar-refractivity contribution < 1.29 is 9.63 Å². The number of hydrogen-bond acceptors (Lipinski definition) is 4. The van der Waals surface area contributed by atoms with Crippen molar-refractivity contribution in [3.63, 3.8) is 0 Å². The van der Waals surface area contributed by atoms with E-state index >= 15 is 0 Å². The van der Waals surface area contributed by atoms with Gasteiger partial charge in [0.05, 0.1) is 5.69 Å². The number of nitrogens with zero attached hydrogens (tertiary/aromatic N) is 2. The van der Waals surface area contributed by atoms with Crippen molar-refractivity contribution in [2.24, 2.45) is 16.1 Å². The lowest BCUT2D eigenvalue weighted by molar-refractivity contribution is -0.141. The number of carbonyl (C=O) groups excluding carboxylic acids is 1. The number of carbonyl (C=O) groups is 1. The lowest BCUT2D eigenvalue weighted by atomic mass is 9.93. The predicted molar refractivity (Wildman–Crippen MR) is 81.8 cm³/mol. The van der Waals surface area contributed by atoms with E-state index in [1.807, 2.05) is 67.6 Å². The van der Waals surface area contributed by atoms with Crippen molar-refractivity contribution in [1.82, 2.24) is 0 Å². The molecule has 0 saturated carbocycles. The molecule has 0 amide bonds. The van der Waals surface area contributed by atoms with Crippen LogP contribution in [0.1, 0.15) is 12.5 Å². The van der Waals surface area contributed by atoms with Gasteiger partial charge in [-0.15, -0.1) is 0 Å². The molecule has 0 unspecified atom stereocenters. The van der Waals surface area contributed by atoms with Crippen LogP contribution in [0.4, 0.5) is 5.69 Å². The molecule has 104 valence electrons. The molecule has 0 saturated heterocycles. The number of oxime groups is 1. The predicted octanol–water partition coefficient (Wildman–Crippen LogP) is 3.36. The summed E-state index contributed by atoms with van der Waals surface area (Å²) in [6.45, 7) is 1.82. The average molecular weight is 278 g/mol. The normalized spacial score (nSPS) is 18.3. The van der Waals surface area contributed by atoms with Gasteiger partial charge in [-0.1, -0.05) is 53.7 Å². The molecule has 0 aromatic heterocycles. The summed E-state index contributed by atoms with van der Waals surface area (Å²) < 4.78 is 0. The van der Waals surface area contributed by atoms with Crippen LogP contribution in [0, 0.1) is 5.92 Å². The maximum absolute atomic E-state index is 12.0. The smallest absolute Gasteiger partial charge is 0.317 e. The molecule has 0 spiro atoms. The maximum atomic E-state index is 12.0. The summed E-state index contributed by atoms with van der Waals surface area (Å²) >= 11 is 0. The maximum Gasteiger partial charge on any atom is 0.349 e. The van der Waals surface area contributed by atoms with Crippen molar-refractivity contribution in [1.29, 1.82) is 0 Å². The Morgan fingerprint density at radius 3 is 2.33 bits per heavy atom. The second kappa shape index (κ2) is 5.71. The van der Waals surface area contributed by atoms with Crippen molar-refractivity contribution in [2.75, 3.05) is 0 Å². The van der Waals surface area contributed by atoms with E-state index in [9.17, 15) is 4.79 Å². The zero-order valence-electron chi connectivity index (χ0n) is 11.6. The summed E-state index contributed by atoms with van der Waals surface area (Å²) in [6, 6.07) is 19.1. The van der Waals surface area contributed by atoms with Gasteiger partial charge in [-0.25, -0.2) is 4.79 Å². The fourth-order valence-electron chi connectivity index (χ4n) is 2.28. The van der Waals surface area contributed by atoms with Gasteiger partial charge in [-0.05, 0) is 19.1 Å². The fourth-order valence-corrected chi connectivity index (χ4v) is 2.28. The SMILES string of the molecule is CC(=Nc1ccccc1)[C@@H]1C(=O)ON=C1c1ccccc1. The lowest BCUT2D eigenvalue weighted by Gasteiger charge is -2.09. The molecule has 0 aliphatic carbocycles. The Bertz CT molecular complexity index is 706. The molecule has 2 aromatic rings. The molecule has 0 radical (unpaired) electrons. The van der Waals surface area contributed by atoms with E-state index in [1.54, 1.807) is 0 Å². The van der Waals surface area contributed by atoms with Crippen LogP contribution < -0.4 is 0 Å². The first-order valence-electron chi connectivity index (χ1n) is 6.70. The number of hydrogen-bond donors (Lipinski definition) is 0. The van der Waals surface area contributed by atoms with Gasteiger partial charge in [-0.2, -0.15) is 0 Å². The molecule has 0 bridgehead atoms. The van der Waals surface area contributed by atoms with Gasteiger partial charge in [0.1, 0.15) is 11.6 Å². The Kier molecular flexibility index (Phi) is 3.60. The molecular weight excluding hydrogens is 264 g/mol. The standard InChI is InChI=1S/C17H14N2O2/c1-12(18-14-10-6-3-7-11-14)15-16(19-21-17(15)20)13-8-4-2-5-9-13/h2-11,15H,1H3/t15-/m0/s1. The van der Waals surface area contributed by atoms with Gasteiger partial charge < -0.3 is 4.84 Å². The van der Waals surface area contributed by atoms with Crippen LogP contribution >= 0.6 is 0 Å². The summed E-state index contributed by atoms with van der Waals surface area (Å²) in [7, 11) is 0. The molecule has 0 fully saturated rings. The van der Waals surface area contributed by atoms with Gasteiger partial charge in [0.25, 0.3) is 0 Å². The number of benzene rings is 2. The second-order valence-electron chi connectivity index (χ2n) is 4.77. The molecule has 4 nitrogen and oxygen atoms in total. The minimum atomic E-state index is -0.549. The molecule has 4 heteroatoms. The third-order valence-corrected chi connectivity index (χ3v) is 3.29. The number of aliphatic imine (C=N–C) groups is 1. The highest BCUT2D eigenvalue weighted by atomic mass is 16.7. The van der Waals surface area contributed by atoms with Crippen LogP contribution in [0.25, 0.3) is 0 Å². The molecule has 1 atom stereocenters. The molecular formula is C17H14N2O2. The van der Waals surface area contributed by atoms with Crippen LogP contribution in [0.2, 0.25) is 0 Å². The van der Waals surface area contributed by atoms with E-state index in [0.29, 0.717) is 11.4 Å². The minimum absolute atomic E-state index is 0.383. The zero-order chi connectivity index (χ0) is 14.7. The van der Waals surface area contributed by atoms with Crippen LogP contribution in [0.3, 0.4) is 0 Å².